The van der Waals surface area contributed by atoms with Gasteiger partial charge in [0.2, 0.25) is 0 Å². The van der Waals surface area contributed by atoms with Crippen LogP contribution in [-0.2, 0) is 10.0 Å². The molecule has 22 heavy (non-hydrogen) atoms. The molecule has 0 aliphatic heterocycles. The first-order valence-corrected chi connectivity index (χ1v) is 7.95. The van der Waals surface area contributed by atoms with Crippen molar-refractivity contribution < 1.29 is 17.6 Å². The SMILES string of the molecule is Cc1ccc(S(=O)(=O)n2cc(C=O)c3ccc(F)cc32)cc1. The van der Waals surface area contributed by atoms with Crippen molar-refractivity contribution >= 4 is 27.2 Å². The average molecular weight is 317 g/mol. The molecular formula is C16H12FNO3S. The molecule has 6 heteroatoms. The molecule has 0 bridgehead atoms. The number of fused-ring (bicyclic) bond motifs is 1. The number of benzene rings is 2. The molecule has 0 amide bonds. The number of nitrogens with zero attached hydrogens (tertiary/aromatic N) is 1. The number of halogens is 1. The van der Waals surface area contributed by atoms with Crippen molar-refractivity contribution in [2.75, 3.05) is 0 Å². The molecule has 4 nitrogen and oxygen atoms in total. The molecule has 0 unspecified atom stereocenters. The lowest BCUT2D eigenvalue weighted by Crippen LogP contribution is -2.11. The monoisotopic (exact) mass is 317 g/mol. The average Bonchev–Trinajstić information content (AvgIpc) is 2.86. The minimum atomic E-state index is -3.90. The minimum absolute atomic E-state index is 0.0803. The lowest BCUT2D eigenvalue weighted by molar-refractivity contribution is 0.112. The van der Waals surface area contributed by atoms with E-state index < -0.39 is 15.8 Å². The molecule has 112 valence electrons. The Morgan fingerprint density at radius 2 is 1.77 bits per heavy atom. The summed E-state index contributed by atoms with van der Waals surface area (Å²) < 4.78 is 39.9. The zero-order valence-electron chi connectivity index (χ0n) is 11.7. The Bertz CT molecular complexity index is 973. The number of carbonyl (C=O) groups excluding carboxylic acids is 1. The van der Waals surface area contributed by atoms with E-state index in [2.05, 4.69) is 0 Å². The summed E-state index contributed by atoms with van der Waals surface area (Å²) in [6.07, 6.45) is 1.77. The highest BCUT2D eigenvalue weighted by molar-refractivity contribution is 7.90. The Morgan fingerprint density at radius 1 is 1.09 bits per heavy atom. The molecule has 0 spiro atoms. The Morgan fingerprint density at radius 3 is 2.41 bits per heavy atom. The molecule has 0 N–H and O–H groups in total. The normalized spacial score (nSPS) is 11.7. The van der Waals surface area contributed by atoms with Crippen LogP contribution in [0, 0.1) is 12.7 Å². The number of aromatic nitrogens is 1. The molecular weight excluding hydrogens is 305 g/mol. The van der Waals surface area contributed by atoms with Crippen molar-refractivity contribution in [2.45, 2.75) is 11.8 Å². The Labute approximate surface area is 126 Å². The third-order valence-corrected chi connectivity index (χ3v) is 5.16. The van der Waals surface area contributed by atoms with E-state index in [9.17, 15) is 17.6 Å². The Kier molecular flexibility index (Phi) is 3.33. The standard InChI is InChI=1S/C16H12FNO3S/c1-11-2-5-14(6-3-11)22(20,21)18-9-12(10-19)15-7-4-13(17)8-16(15)18/h2-10H,1H3. The van der Waals surface area contributed by atoms with Gasteiger partial charge in [-0.2, -0.15) is 0 Å². The number of aldehydes is 1. The lowest BCUT2D eigenvalue weighted by atomic mass is 10.2. The molecule has 3 aromatic rings. The number of rotatable bonds is 3. The van der Waals surface area contributed by atoms with Crippen LogP contribution in [0.3, 0.4) is 0 Å². The Balaban J connectivity index is 2.31. The van der Waals surface area contributed by atoms with E-state index in [0.29, 0.717) is 11.7 Å². The van der Waals surface area contributed by atoms with E-state index in [1.54, 1.807) is 12.1 Å². The van der Waals surface area contributed by atoms with Crippen LogP contribution in [0.1, 0.15) is 15.9 Å². The summed E-state index contributed by atoms with van der Waals surface area (Å²) in [5.74, 6) is -0.566. The summed E-state index contributed by atoms with van der Waals surface area (Å²) in [6, 6.07) is 10.0. The highest BCUT2D eigenvalue weighted by Gasteiger charge is 2.21. The van der Waals surface area contributed by atoms with Gasteiger partial charge >= 0.3 is 0 Å². The zero-order chi connectivity index (χ0) is 15.9. The number of aryl methyl sites for hydroxylation is 1. The van der Waals surface area contributed by atoms with Gasteiger partial charge in [0, 0.05) is 17.1 Å². The van der Waals surface area contributed by atoms with Gasteiger partial charge in [-0.1, -0.05) is 17.7 Å². The van der Waals surface area contributed by atoms with Crippen molar-refractivity contribution in [3.05, 3.63) is 65.6 Å². The van der Waals surface area contributed by atoms with Crippen LogP contribution in [0.2, 0.25) is 0 Å². The van der Waals surface area contributed by atoms with E-state index in [0.717, 1.165) is 15.6 Å². The second-order valence-electron chi connectivity index (χ2n) is 4.98. The molecule has 2 aromatic carbocycles. The van der Waals surface area contributed by atoms with Gasteiger partial charge in [0.15, 0.2) is 6.29 Å². The van der Waals surface area contributed by atoms with Crippen molar-refractivity contribution in [3.8, 4) is 0 Å². The van der Waals surface area contributed by atoms with Gasteiger partial charge in [-0.15, -0.1) is 0 Å². The van der Waals surface area contributed by atoms with Gasteiger partial charge in [0.1, 0.15) is 5.82 Å². The van der Waals surface area contributed by atoms with E-state index in [1.165, 1.54) is 30.5 Å². The van der Waals surface area contributed by atoms with Gasteiger partial charge < -0.3 is 0 Å². The van der Waals surface area contributed by atoms with Crippen molar-refractivity contribution in [2.24, 2.45) is 0 Å². The fourth-order valence-corrected chi connectivity index (χ4v) is 3.68. The molecule has 1 aromatic heterocycles. The highest BCUT2D eigenvalue weighted by atomic mass is 32.2. The molecule has 1 heterocycles. The maximum atomic E-state index is 13.5. The molecule has 0 saturated carbocycles. The summed E-state index contributed by atoms with van der Waals surface area (Å²) in [5, 5.41) is 0.395. The number of carbonyl (C=O) groups is 1. The first-order valence-electron chi connectivity index (χ1n) is 6.51. The third kappa shape index (κ3) is 2.21. The molecule has 0 radical (unpaired) electrons. The van der Waals surface area contributed by atoms with Gasteiger partial charge in [-0.3, -0.25) is 4.79 Å². The van der Waals surface area contributed by atoms with Gasteiger partial charge in [0.25, 0.3) is 10.0 Å². The summed E-state index contributed by atoms with van der Waals surface area (Å²) >= 11 is 0. The van der Waals surface area contributed by atoms with E-state index >= 15 is 0 Å². The second-order valence-corrected chi connectivity index (χ2v) is 6.79. The summed E-state index contributed by atoms with van der Waals surface area (Å²) in [7, 11) is -3.90. The fraction of sp³-hybridized carbons (Fsp3) is 0.0625. The molecule has 0 saturated heterocycles. The predicted octanol–water partition coefficient (Wildman–Crippen LogP) is 3.14. The molecule has 0 aliphatic rings. The maximum absolute atomic E-state index is 13.5. The van der Waals surface area contributed by atoms with Gasteiger partial charge in [-0.25, -0.2) is 16.8 Å². The maximum Gasteiger partial charge on any atom is 0.268 e. The summed E-state index contributed by atoms with van der Waals surface area (Å²) in [5.41, 5.74) is 1.27. The lowest BCUT2D eigenvalue weighted by Gasteiger charge is -2.08. The summed E-state index contributed by atoms with van der Waals surface area (Å²) in [4.78, 5) is 11.2. The number of hydrogen-bond donors (Lipinski definition) is 0. The zero-order valence-corrected chi connectivity index (χ0v) is 12.5. The van der Waals surface area contributed by atoms with Gasteiger partial charge in [-0.05, 0) is 37.3 Å². The first-order chi connectivity index (χ1) is 10.4. The number of hydrogen-bond acceptors (Lipinski definition) is 3. The largest absolute Gasteiger partial charge is 0.298 e. The fourth-order valence-electron chi connectivity index (χ4n) is 2.31. The second kappa shape index (κ2) is 5.06. The molecule has 0 aliphatic carbocycles. The van der Waals surface area contributed by atoms with Crippen LogP contribution < -0.4 is 0 Å². The van der Waals surface area contributed by atoms with E-state index in [-0.39, 0.29) is 16.0 Å². The van der Waals surface area contributed by atoms with E-state index in [1.807, 2.05) is 6.92 Å². The Hall–Kier alpha value is -2.47. The topological polar surface area (TPSA) is 56.1 Å². The predicted molar refractivity (Wildman–Crippen MR) is 81.0 cm³/mol. The third-order valence-electron chi connectivity index (χ3n) is 3.47. The quantitative estimate of drug-likeness (QED) is 0.697. The van der Waals surface area contributed by atoms with Gasteiger partial charge in [0.05, 0.1) is 10.4 Å². The smallest absolute Gasteiger partial charge is 0.268 e. The first kappa shape index (κ1) is 14.5. The summed E-state index contributed by atoms with van der Waals surface area (Å²) in [6.45, 7) is 1.85. The van der Waals surface area contributed by atoms with Crippen molar-refractivity contribution in [1.29, 1.82) is 0 Å². The van der Waals surface area contributed by atoms with Crippen LogP contribution in [0.4, 0.5) is 4.39 Å². The van der Waals surface area contributed by atoms with Crippen molar-refractivity contribution in [1.82, 2.24) is 3.97 Å². The van der Waals surface area contributed by atoms with Crippen LogP contribution in [0.5, 0.6) is 0 Å². The van der Waals surface area contributed by atoms with Crippen molar-refractivity contribution in [3.63, 3.8) is 0 Å². The molecule has 0 fully saturated rings. The molecule has 0 atom stereocenters. The van der Waals surface area contributed by atoms with E-state index in [4.69, 9.17) is 0 Å². The highest BCUT2D eigenvalue weighted by Crippen LogP contribution is 2.26. The minimum Gasteiger partial charge on any atom is -0.298 e. The van der Waals surface area contributed by atoms with Crippen LogP contribution in [0.25, 0.3) is 10.9 Å². The van der Waals surface area contributed by atoms with Crippen LogP contribution >= 0.6 is 0 Å². The molecule has 3 rings (SSSR count). The van der Waals surface area contributed by atoms with Crippen LogP contribution in [0.15, 0.2) is 53.6 Å². The van der Waals surface area contributed by atoms with Crippen LogP contribution in [-0.4, -0.2) is 18.7 Å².